The molecular weight excluding hydrogens is 322 g/mol. The van der Waals surface area contributed by atoms with Crippen LogP contribution in [0.4, 0.5) is 0 Å². The van der Waals surface area contributed by atoms with E-state index in [0.717, 1.165) is 23.3 Å². The number of hydrogen-bond acceptors (Lipinski definition) is 4. The predicted molar refractivity (Wildman–Crippen MR) is 87.6 cm³/mol. The number of benzene rings is 1. The molecule has 0 radical (unpaired) electrons. The molecule has 22 heavy (non-hydrogen) atoms. The van der Waals surface area contributed by atoms with E-state index in [2.05, 4.69) is 10.1 Å². The van der Waals surface area contributed by atoms with Gasteiger partial charge >= 0.3 is 5.97 Å². The second-order valence-corrected chi connectivity index (χ2v) is 6.16. The Balaban J connectivity index is 2.12. The molecule has 6 heteroatoms. The van der Waals surface area contributed by atoms with Gasteiger partial charge in [0.15, 0.2) is 0 Å². The van der Waals surface area contributed by atoms with Crippen LogP contribution in [-0.4, -0.2) is 19.0 Å². The van der Waals surface area contributed by atoms with Crippen molar-refractivity contribution in [3.05, 3.63) is 56.7 Å². The number of methoxy groups -OCH3 is 1. The maximum absolute atomic E-state index is 12.3. The Morgan fingerprint density at radius 1 is 1.27 bits per heavy atom. The molecule has 0 spiro atoms. The fraction of sp³-hybridized carbons (Fsp3) is 0.250. The van der Waals surface area contributed by atoms with Gasteiger partial charge in [-0.05, 0) is 36.2 Å². The van der Waals surface area contributed by atoms with Crippen molar-refractivity contribution < 1.29 is 14.3 Å². The molecule has 1 aromatic heterocycles. The lowest BCUT2D eigenvalue weighted by Gasteiger charge is -2.17. The van der Waals surface area contributed by atoms with E-state index >= 15 is 0 Å². The zero-order valence-electron chi connectivity index (χ0n) is 12.3. The Hall–Kier alpha value is -1.85. The topological polar surface area (TPSA) is 55.4 Å². The number of carbonyl (C=O) groups is 2. The predicted octanol–water partition coefficient (Wildman–Crippen LogP) is 4.07. The van der Waals surface area contributed by atoms with E-state index in [1.807, 2.05) is 25.1 Å². The summed E-state index contributed by atoms with van der Waals surface area (Å²) >= 11 is 7.10. The van der Waals surface area contributed by atoms with Gasteiger partial charge in [-0.3, -0.25) is 4.79 Å². The molecule has 0 aliphatic heterocycles. The molecule has 1 heterocycles. The van der Waals surface area contributed by atoms with Gasteiger partial charge in [-0.15, -0.1) is 11.3 Å². The summed E-state index contributed by atoms with van der Waals surface area (Å²) in [5, 5.41) is 3.59. The summed E-state index contributed by atoms with van der Waals surface area (Å²) in [6.45, 7) is 1.99. The third-order valence-corrected chi connectivity index (χ3v) is 4.48. The van der Waals surface area contributed by atoms with Crippen LogP contribution in [0.3, 0.4) is 0 Å². The molecule has 4 nitrogen and oxygen atoms in total. The number of nitrogens with one attached hydrogen (secondary N) is 1. The van der Waals surface area contributed by atoms with Gasteiger partial charge in [-0.25, -0.2) is 4.79 Å². The Labute approximate surface area is 138 Å². The van der Waals surface area contributed by atoms with Crippen molar-refractivity contribution in [3.8, 4) is 0 Å². The first-order valence-electron chi connectivity index (χ1n) is 6.79. The smallest absolute Gasteiger partial charge is 0.348 e. The normalized spacial score (nSPS) is 11.8. The molecule has 0 bridgehead atoms. The molecule has 1 aromatic carbocycles. The van der Waals surface area contributed by atoms with Gasteiger partial charge in [-0.2, -0.15) is 0 Å². The third kappa shape index (κ3) is 3.87. The Bertz CT molecular complexity index is 684. The van der Waals surface area contributed by atoms with E-state index in [1.165, 1.54) is 7.11 Å². The molecule has 2 aromatic rings. The van der Waals surface area contributed by atoms with Crippen LogP contribution >= 0.6 is 22.9 Å². The highest BCUT2D eigenvalue weighted by Crippen LogP contribution is 2.22. The lowest BCUT2D eigenvalue weighted by atomic mass is 10.0. The number of carbonyl (C=O) groups excluding carboxylic acids is 2. The molecule has 0 aliphatic rings. The standard InChI is InChI=1S/C16H16ClNO3S/c1-3-12(10-5-4-6-11(17)9-10)18-15(19)13-7-8-14(22-13)16(20)21-2/h4-9,12H,3H2,1-2H3,(H,18,19). The van der Waals surface area contributed by atoms with Crippen LogP contribution in [-0.2, 0) is 4.74 Å². The number of amides is 1. The molecule has 1 N–H and O–H groups in total. The quantitative estimate of drug-likeness (QED) is 0.837. The summed E-state index contributed by atoms with van der Waals surface area (Å²) in [5.41, 5.74) is 0.952. The monoisotopic (exact) mass is 337 g/mol. The molecule has 0 saturated heterocycles. The highest BCUT2D eigenvalue weighted by atomic mass is 35.5. The van der Waals surface area contributed by atoms with E-state index < -0.39 is 5.97 Å². The average molecular weight is 338 g/mol. The van der Waals surface area contributed by atoms with E-state index in [4.69, 9.17) is 11.6 Å². The lowest BCUT2D eigenvalue weighted by Crippen LogP contribution is -2.27. The van der Waals surface area contributed by atoms with Crippen LogP contribution in [0.25, 0.3) is 0 Å². The number of ether oxygens (including phenoxy) is 1. The Kier molecular flexibility index (Phi) is 5.57. The minimum absolute atomic E-state index is 0.130. The third-order valence-electron chi connectivity index (χ3n) is 3.18. The van der Waals surface area contributed by atoms with Gasteiger partial charge in [0.1, 0.15) is 4.88 Å². The van der Waals surface area contributed by atoms with Gasteiger partial charge in [0, 0.05) is 5.02 Å². The molecule has 1 atom stereocenters. The van der Waals surface area contributed by atoms with E-state index in [-0.39, 0.29) is 11.9 Å². The van der Waals surface area contributed by atoms with E-state index in [1.54, 1.807) is 18.2 Å². The van der Waals surface area contributed by atoms with Crippen LogP contribution in [0.5, 0.6) is 0 Å². The zero-order chi connectivity index (χ0) is 16.1. The van der Waals surface area contributed by atoms with Gasteiger partial charge < -0.3 is 10.1 Å². The Morgan fingerprint density at radius 2 is 2.00 bits per heavy atom. The SMILES string of the molecule is CCC(NC(=O)c1ccc(C(=O)OC)s1)c1cccc(Cl)c1. The molecule has 2 rings (SSSR count). The summed E-state index contributed by atoms with van der Waals surface area (Å²) in [4.78, 5) is 24.6. The van der Waals surface area contributed by atoms with Gasteiger partial charge in [-0.1, -0.05) is 30.7 Å². The van der Waals surface area contributed by atoms with Crippen LogP contribution < -0.4 is 5.32 Å². The van der Waals surface area contributed by atoms with E-state index in [9.17, 15) is 9.59 Å². The number of rotatable bonds is 5. The Morgan fingerprint density at radius 3 is 2.64 bits per heavy atom. The van der Waals surface area contributed by atoms with Crippen molar-refractivity contribution >= 4 is 34.8 Å². The first-order valence-corrected chi connectivity index (χ1v) is 7.99. The first-order chi connectivity index (χ1) is 10.5. The van der Waals surface area contributed by atoms with Crippen molar-refractivity contribution in [2.45, 2.75) is 19.4 Å². The van der Waals surface area contributed by atoms with Crippen LogP contribution in [0.1, 0.15) is 44.3 Å². The van der Waals surface area contributed by atoms with Crippen molar-refractivity contribution in [1.29, 1.82) is 0 Å². The average Bonchev–Trinajstić information content (AvgIpc) is 3.01. The molecule has 0 fully saturated rings. The minimum atomic E-state index is -0.439. The van der Waals surface area contributed by atoms with Gasteiger partial charge in [0.2, 0.25) is 0 Å². The number of thiophene rings is 1. The molecule has 1 unspecified atom stereocenters. The van der Waals surface area contributed by atoms with Gasteiger partial charge in [0.25, 0.3) is 5.91 Å². The molecule has 0 saturated carbocycles. The number of hydrogen-bond donors (Lipinski definition) is 1. The largest absolute Gasteiger partial charge is 0.465 e. The van der Waals surface area contributed by atoms with E-state index in [0.29, 0.717) is 14.8 Å². The minimum Gasteiger partial charge on any atom is -0.465 e. The van der Waals surface area contributed by atoms with Crippen molar-refractivity contribution in [1.82, 2.24) is 5.32 Å². The fourth-order valence-corrected chi connectivity index (χ4v) is 3.07. The second kappa shape index (κ2) is 7.42. The summed E-state index contributed by atoms with van der Waals surface area (Å²) in [6.07, 6.45) is 0.737. The zero-order valence-corrected chi connectivity index (χ0v) is 13.8. The maximum Gasteiger partial charge on any atom is 0.348 e. The fourth-order valence-electron chi connectivity index (χ4n) is 2.04. The van der Waals surface area contributed by atoms with Crippen LogP contribution in [0.15, 0.2) is 36.4 Å². The van der Waals surface area contributed by atoms with Gasteiger partial charge in [0.05, 0.1) is 18.0 Å². The summed E-state index contributed by atoms with van der Waals surface area (Å²) < 4.78 is 4.64. The van der Waals surface area contributed by atoms with Crippen LogP contribution in [0, 0.1) is 0 Å². The lowest BCUT2D eigenvalue weighted by molar-refractivity contribution is 0.0606. The van der Waals surface area contributed by atoms with Crippen molar-refractivity contribution in [2.75, 3.05) is 7.11 Å². The number of halogens is 1. The summed E-state index contributed by atoms with van der Waals surface area (Å²) in [5.74, 6) is -0.655. The number of esters is 1. The molecule has 1 amide bonds. The van der Waals surface area contributed by atoms with Crippen LogP contribution in [0.2, 0.25) is 5.02 Å². The summed E-state index contributed by atoms with van der Waals surface area (Å²) in [7, 11) is 1.31. The van der Waals surface area contributed by atoms with Crippen molar-refractivity contribution in [2.24, 2.45) is 0 Å². The molecular formula is C16H16ClNO3S. The second-order valence-electron chi connectivity index (χ2n) is 4.64. The maximum atomic E-state index is 12.3. The van der Waals surface area contributed by atoms with Crippen molar-refractivity contribution in [3.63, 3.8) is 0 Å². The summed E-state index contributed by atoms with van der Waals surface area (Å²) in [6, 6.07) is 10.5. The highest BCUT2D eigenvalue weighted by molar-refractivity contribution is 7.15. The molecule has 0 aliphatic carbocycles. The first kappa shape index (κ1) is 16.5. The highest BCUT2D eigenvalue weighted by Gasteiger charge is 2.18. The molecule has 116 valence electrons.